The van der Waals surface area contributed by atoms with Crippen molar-refractivity contribution < 1.29 is 4.74 Å². The third-order valence-corrected chi connectivity index (χ3v) is 3.30. The van der Waals surface area contributed by atoms with Crippen LogP contribution in [-0.2, 0) is 0 Å². The fourth-order valence-electron chi connectivity index (χ4n) is 1.55. The van der Waals surface area contributed by atoms with Crippen molar-refractivity contribution in [2.24, 2.45) is 0 Å². The molecule has 0 spiro atoms. The van der Waals surface area contributed by atoms with Crippen molar-refractivity contribution in [1.29, 1.82) is 0 Å². The van der Waals surface area contributed by atoms with E-state index in [4.69, 9.17) is 4.74 Å². The zero-order valence-corrected chi connectivity index (χ0v) is 10.3. The van der Waals surface area contributed by atoms with Crippen molar-refractivity contribution >= 4 is 22.6 Å². The van der Waals surface area contributed by atoms with Crippen LogP contribution in [0, 0.1) is 3.57 Å². The number of rotatable bonds is 3. The van der Waals surface area contributed by atoms with Gasteiger partial charge in [-0.15, -0.1) is 0 Å². The first-order valence-electron chi connectivity index (χ1n) is 4.87. The molecule has 2 heterocycles. The second-order valence-electron chi connectivity index (χ2n) is 3.46. The van der Waals surface area contributed by atoms with E-state index in [1.165, 1.54) is 12.7 Å². The summed E-state index contributed by atoms with van der Waals surface area (Å²) in [7, 11) is 0. The Morgan fingerprint density at radius 3 is 3.27 bits per heavy atom. The highest BCUT2D eigenvalue weighted by molar-refractivity contribution is 14.1. The summed E-state index contributed by atoms with van der Waals surface area (Å²) in [6.07, 6.45) is 3.68. The number of nitrogens with one attached hydrogen (secondary N) is 2. The largest absolute Gasteiger partial charge is 0.475 e. The SMILES string of the molecule is O=c1[nH]cnc(OCC2CCCN2)c1I. The number of aromatic amines is 1. The molecule has 1 fully saturated rings. The number of nitrogens with zero attached hydrogens (tertiary/aromatic N) is 1. The van der Waals surface area contributed by atoms with Crippen LogP contribution in [-0.4, -0.2) is 29.2 Å². The number of hydrogen-bond donors (Lipinski definition) is 2. The standard InChI is InChI=1S/C9H12IN3O2/c10-7-8(14)12-5-13-9(7)15-4-6-2-1-3-11-6/h5-6,11H,1-4H2,(H,12,13,14). The molecule has 0 aromatic carbocycles. The van der Waals surface area contributed by atoms with Crippen LogP contribution >= 0.6 is 22.6 Å². The fourth-order valence-corrected chi connectivity index (χ4v) is 2.00. The summed E-state index contributed by atoms with van der Waals surface area (Å²) in [5.74, 6) is 0.424. The van der Waals surface area contributed by atoms with Gasteiger partial charge in [0.1, 0.15) is 10.2 Å². The average Bonchev–Trinajstić information content (AvgIpc) is 2.73. The molecule has 6 heteroatoms. The van der Waals surface area contributed by atoms with Gasteiger partial charge in [-0.3, -0.25) is 4.79 Å². The second kappa shape index (κ2) is 4.93. The lowest BCUT2D eigenvalue weighted by molar-refractivity contribution is 0.264. The van der Waals surface area contributed by atoms with Crippen LogP contribution in [0.25, 0.3) is 0 Å². The summed E-state index contributed by atoms with van der Waals surface area (Å²) < 4.78 is 6.01. The van der Waals surface area contributed by atoms with Crippen LogP contribution in [0.5, 0.6) is 5.88 Å². The third-order valence-electron chi connectivity index (χ3n) is 2.35. The fraction of sp³-hybridized carbons (Fsp3) is 0.556. The Labute approximate surface area is 101 Å². The summed E-state index contributed by atoms with van der Waals surface area (Å²) in [5.41, 5.74) is -0.153. The van der Waals surface area contributed by atoms with Crippen molar-refractivity contribution in [1.82, 2.24) is 15.3 Å². The minimum Gasteiger partial charge on any atom is -0.475 e. The lowest BCUT2D eigenvalue weighted by atomic mass is 10.2. The molecule has 1 unspecified atom stereocenters. The molecule has 82 valence electrons. The van der Waals surface area contributed by atoms with E-state index in [0.717, 1.165) is 13.0 Å². The molecule has 2 rings (SSSR count). The minimum atomic E-state index is -0.153. The zero-order chi connectivity index (χ0) is 10.7. The normalized spacial score (nSPS) is 20.5. The van der Waals surface area contributed by atoms with Crippen LogP contribution < -0.4 is 15.6 Å². The van der Waals surface area contributed by atoms with E-state index in [-0.39, 0.29) is 5.56 Å². The van der Waals surface area contributed by atoms with E-state index in [1.54, 1.807) is 0 Å². The van der Waals surface area contributed by atoms with Crippen molar-refractivity contribution in [2.75, 3.05) is 13.2 Å². The molecule has 1 aliphatic heterocycles. The molecule has 0 saturated carbocycles. The Morgan fingerprint density at radius 2 is 2.53 bits per heavy atom. The highest BCUT2D eigenvalue weighted by Crippen LogP contribution is 2.13. The summed E-state index contributed by atoms with van der Waals surface area (Å²) in [6, 6.07) is 0.391. The Morgan fingerprint density at radius 1 is 1.67 bits per heavy atom. The van der Waals surface area contributed by atoms with Gasteiger partial charge in [-0.1, -0.05) is 0 Å². The van der Waals surface area contributed by atoms with Crippen molar-refractivity contribution in [2.45, 2.75) is 18.9 Å². The third kappa shape index (κ3) is 2.69. The number of aromatic nitrogens is 2. The zero-order valence-electron chi connectivity index (χ0n) is 8.12. The first-order chi connectivity index (χ1) is 7.27. The average molecular weight is 321 g/mol. The summed E-state index contributed by atoms with van der Waals surface area (Å²) in [4.78, 5) is 17.7. The molecule has 1 aromatic heterocycles. The van der Waals surface area contributed by atoms with Crippen LogP contribution in [0.4, 0.5) is 0 Å². The first kappa shape index (κ1) is 10.9. The minimum absolute atomic E-state index is 0.153. The van der Waals surface area contributed by atoms with Gasteiger partial charge in [-0.25, -0.2) is 4.98 Å². The van der Waals surface area contributed by atoms with Crippen LogP contribution in [0.15, 0.2) is 11.1 Å². The lowest BCUT2D eigenvalue weighted by Gasteiger charge is -2.11. The topological polar surface area (TPSA) is 67.0 Å². The molecule has 15 heavy (non-hydrogen) atoms. The Bertz CT molecular complexity index is 387. The number of halogens is 1. The summed E-state index contributed by atoms with van der Waals surface area (Å²) in [5, 5.41) is 3.32. The summed E-state index contributed by atoms with van der Waals surface area (Å²) in [6.45, 7) is 1.63. The number of hydrogen-bond acceptors (Lipinski definition) is 4. The maximum atomic E-state index is 11.2. The van der Waals surface area contributed by atoms with Gasteiger partial charge >= 0.3 is 0 Å². The van der Waals surface area contributed by atoms with Gasteiger partial charge in [-0.2, -0.15) is 0 Å². The van der Waals surface area contributed by atoms with Gasteiger partial charge in [0.15, 0.2) is 0 Å². The predicted molar refractivity (Wildman–Crippen MR) is 64.1 cm³/mol. The molecule has 0 amide bonds. The molecular formula is C9H12IN3O2. The van der Waals surface area contributed by atoms with Crippen molar-refractivity contribution in [3.05, 3.63) is 20.3 Å². The van der Waals surface area contributed by atoms with Gasteiger partial charge in [0.2, 0.25) is 5.88 Å². The molecule has 1 atom stereocenters. The van der Waals surface area contributed by atoms with Gasteiger partial charge < -0.3 is 15.0 Å². The van der Waals surface area contributed by atoms with Gasteiger partial charge in [0, 0.05) is 6.04 Å². The number of H-pyrrole nitrogens is 1. The maximum Gasteiger partial charge on any atom is 0.268 e. The second-order valence-corrected chi connectivity index (χ2v) is 4.53. The van der Waals surface area contributed by atoms with E-state index in [9.17, 15) is 4.79 Å². The van der Waals surface area contributed by atoms with Gasteiger partial charge in [0.05, 0.1) is 6.33 Å². The maximum absolute atomic E-state index is 11.2. The number of ether oxygens (including phenoxy) is 1. The predicted octanol–water partition coefficient (Wildman–Crippen LogP) is 0.505. The highest BCUT2D eigenvalue weighted by Gasteiger charge is 2.15. The Kier molecular flexibility index (Phi) is 3.57. The van der Waals surface area contributed by atoms with Crippen molar-refractivity contribution in [3.8, 4) is 5.88 Å². The van der Waals surface area contributed by atoms with E-state index in [0.29, 0.717) is 22.1 Å². The molecule has 5 nitrogen and oxygen atoms in total. The molecule has 1 aliphatic rings. The van der Waals surface area contributed by atoms with E-state index in [1.807, 2.05) is 22.6 Å². The van der Waals surface area contributed by atoms with Crippen molar-refractivity contribution in [3.63, 3.8) is 0 Å². The molecule has 0 radical (unpaired) electrons. The quantitative estimate of drug-likeness (QED) is 0.796. The summed E-state index contributed by atoms with van der Waals surface area (Å²) >= 11 is 1.94. The Hall–Kier alpha value is -0.630. The lowest BCUT2D eigenvalue weighted by Crippen LogP contribution is -2.29. The highest BCUT2D eigenvalue weighted by atomic mass is 127. The van der Waals surface area contributed by atoms with E-state index < -0.39 is 0 Å². The monoisotopic (exact) mass is 321 g/mol. The van der Waals surface area contributed by atoms with Crippen LogP contribution in [0.2, 0.25) is 0 Å². The van der Waals surface area contributed by atoms with Crippen LogP contribution in [0.3, 0.4) is 0 Å². The van der Waals surface area contributed by atoms with Gasteiger partial charge in [-0.05, 0) is 42.0 Å². The molecule has 1 saturated heterocycles. The molecule has 1 aromatic rings. The van der Waals surface area contributed by atoms with Gasteiger partial charge in [0.25, 0.3) is 5.56 Å². The molecule has 2 N–H and O–H groups in total. The smallest absolute Gasteiger partial charge is 0.268 e. The first-order valence-corrected chi connectivity index (χ1v) is 5.94. The molecule has 0 bridgehead atoms. The van der Waals surface area contributed by atoms with E-state index in [2.05, 4.69) is 15.3 Å². The molecular weight excluding hydrogens is 309 g/mol. The van der Waals surface area contributed by atoms with Crippen LogP contribution in [0.1, 0.15) is 12.8 Å². The van der Waals surface area contributed by atoms with E-state index >= 15 is 0 Å². The Balaban J connectivity index is 1.98. The molecule has 0 aliphatic carbocycles.